The molecule has 2 amide bonds. The Balaban J connectivity index is 1.58. The van der Waals surface area contributed by atoms with E-state index in [2.05, 4.69) is 0 Å². The summed E-state index contributed by atoms with van der Waals surface area (Å²) in [5.74, 6) is -0.553. The Morgan fingerprint density at radius 1 is 0.941 bits per heavy atom. The minimum Gasteiger partial charge on any atom is -0.378 e. The maximum atomic E-state index is 12.8. The van der Waals surface area contributed by atoms with Crippen LogP contribution in [0.2, 0.25) is 0 Å². The topological polar surface area (TPSA) is 124 Å². The molecule has 0 atom stereocenters. The number of nitrogens with zero attached hydrogens (tertiary/aromatic N) is 2. The lowest BCUT2D eigenvalue weighted by Gasteiger charge is -2.12. The number of non-ortho nitro benzene ring substituents is 1. The smallest absolute Gasteiger partial charge is 0.339 e. The van der Waals surface area contributed by atoms with Crippen molar-refractivity contribution in [2.75, 3.05) is 0 Å². The van der Waals surface area contributed by atoms with Gasteiger partial charge in [-0.15, -0.1) is 0 Å². The largest absolute Gasteiger partial charge is 0.378 e. The van der Waals surface area contributed by atoms with Crippen LogP contribution in [0.25, 0.3) is 6.08 Å². The Bertz CT molecular complexity index is 1400. The quantitative estimate of drug-likeness (QED) is 0.201. The second kappa shape index (κ2) is 9.49. The molecule has 3 aromatic rings. The first-order chi connectivity index (χ1) is 16.2. The summed E-state index contributed by atoms with van der Waals surface area (Å²) in [6.07, 6.45) is 1.40. The van der Waals surface area contributed by atoms with Crippen LogP contribution < -0.4 is 4.18 Å². The van der Waals surface area contributed by atoms with E-state index in [-0.39, 0.29) is 33.3 Å². The van der Waals surface area contributed by atoms with Gasteiger partial charge in [0.1, 0.15) is 10.6 Å². The van der Waals surface area contributed by atoms with Crippen LogP contribution in [-0.2, 0) is 21.5 Å². The minimum absolute atomic E-state index is 0.0595. The molecule has 0 unspecified atom stereocenters. The van der Waals surface area contributed by atoms with Gasteiger partial charge in [-0.05, 0) is 41.6 Å². The Morgan fingerprint density at radius 3 is 2.26 bits per heavy atom. The van der Waals surface area contributed by atoms with Gasteiger partial charge in [0.25, 0.3) is 16.8 Å². The highest BCUT2D eigenvalue weighted by Crippen LogP contribution is 2.35. The molecular weight excluding hydrogens is 480 g/mol. The molecule has 0 bridgehead atoms. The van der Waals surface area contributed by atoms with Crippen molar-refractivity contribution in [2.24, 2.45) is 0 Å². The molecule has 11 heteroatoms. The highest BCUT2D eigenvalue weighted by molar-refractivity contribution is 8.18. The van der Waals surface area contributed by atoms with Crippen LogP contribution >= 0.6 is 11.8 Å². The van der Waals surface area contributed by atoms with Crippen molar-refractivity contribution in [1.82, 2.24) is 4.90 Å². The number of carbonyl (C=O) groups is 2. The number of imide groups is 1. The fourth-order valence-corrected chi connectivity index (χ4v) is 4.90. The molecule has 34 heavy (non-hydrogen) atoms. The van der Waals surface area contributed by atoms with Gasteiger partial charge >= 0.3 is 10.1 Å². The van der Waals surface area contributed by atoms with Gasteiger partial charge in [0.15, 0.2) is 0 Å². The van der Waals surface area contributed by atoms with Crippen molar-refractivity contribution in [3.8, 4) is 5.75 Å². The predicted molar refractivity (Wildman–Crippen MR) is 125 cm³/mol. The fraction of sp³-hybridized carbons (Fsp3) is 0.0435. The normalized spacial score (nSPS) is 15.1. The first-order valence-electron chi connectivity index (χ1n) is 9.82. The summed E-state index contributed by atoms with van der Waals surface area (Å²) in [6.45, 7) is 0.121. The summed E-state index contributed by atoms with van der Waals surface area (Å²) < 4.78 is 30.6. The number of rotatable bonds is 7. The number of carbonyl (C=O) groups excluding carboxylic acids is 2. The highest BCUT2D eigenvalue weighted by Gasteiger charge is 2.35. The van der Waals surface area contributed by atoms with Crippen LogP contribution in [0, 0.1) is 10.1 Å². The Labute approximate surface area is 198 Å². The number of thioether (sulfide) groups is 1. The molecule has 1 aliphatic rings. The van der Waals surface area contributed by atoms with Gasteiger partial charge in [-0.1, -0.05) is 48.5 Å². The zero-order valence-electron chi connectivity index (χ0n) is 17.4. The lowest BCUT2D eigenvalue weighted by atomic mass is 10.2. The maximum absolute atomic E-state index is 12.8. The van der Waals surface area contributed by atoms with Gasteiger partial charge in [-0.2, -0.15) is 8.42 Å². The summed E-state index contributed by atoms with van der Waals surface area (Å²) in [5, 5.41) is 10.4. The van der Waals surface area contributed by atoms with Crippen molar-refractivity contribution in [1.29, 1.82) is 0 Å². The van der Waals surface area contributed by atoms with Gasteiger partial charge in [-0.25, -0.2) is 0 Å². The van der Waals surface area contributed by atoms with E-state index in [1.165, 1.54) is 12.1 Å². The average molecular weight is 497 g/mol. The van der Waals surface area contributed by atoms with Crippen LogP contribution in [0.4, 0.5) is 10.5 Å². The minimum atomic E-state index is -4.31. The fourth-order valence-electron chi connectivity index (χ4n) is 3.12. The first kappa shape index (κ1) is 23.2. The molecule has 1 saturated heterocycles. The Morgan fingerprint density at radius 2 is 1.59 bits per heavy atom. The third-order valence-corrected chi connectivity index (χ3v) is 6.95. The summed E-state index contributed by atoms with van der Waals surface area (Å²) in [4.78, 5) is 36.4. The molecule has 1 fully saturated rings. The molecule has 9 nitrogen and oxygen atoms in total. The summed E-state index contributed by atoms with van der Waals surface area (Å²) in [6, 6.07) is 19.5. The number of benzene rings is 3. The zero-order chi connectivity index (χ0) is 24.3. The van der Waals surface area contributed by atoms with E-state index >= 15 is 0 Å². The lowest BCUT2D eigenvalue weighted by molar-refractivity contribution is -0.384. The van der Waals surface area contributed by atoms with E-state index in [9.17, 15) is 28.1 Å². The first-order valence-corrected chi connectivity index (χ1v) is 12.0. The van der Waals surface area contributed by atoms with E-state index in [1.54, 1.807) is 30.3 Å². The van der Waals surface area contributed by atoms with Crippen LogP contribution in [-0.4, -0.2) is 29.4 Å². The Kier molecular flexibility index (Phi) is 6.48. The van der Waals surface area contributed by atoms with Gasteiger partial charge < -0.3 is 4.18 Å². The van der Waals surface area contributed by atoms with Gasteiger partial charge in [0.2, 0.25) is 0 Å². The van der Waals surface area contributed by atoms with Gasteiger partial charge in [0, 0.05) is 17.7 Å². The third kappa shape index (κ3) is 5.00. The van der Waals surface area contributed by atoms with Gasteiger partial charge in [0.05, 0.1) is 16.4 Å². The molecule has 4 rings (SSSR count). The molecule has 0 spiro atoms. The molecule has 0 radical (unpaired) electrons. The van der Waals surface area contributed by atoms with Crippen LogP contribution in [0.15, 0.2) is 88.7 Å². The van der Waals surface area contributed by atoms with E-state index in [0.717, 1.165) is 46.5 Å². The second-order valence-corrected chi connectivity index (χ2v) is 9.62. The molecule has 1 heterocycles. The molecule has 0 aliphatic carbocycles. The van der Waals surface area contributed by atoms with E-state index < -0.39 is 26.2 Å². The van der Waals surface area contributed by atoms with Crippen molar-refractivity contribution in [2.45, 2.75) is 11.4 Å². The Hall–Kier alpha value is -3.96. The lowest BCUT2D eigenvalue weighted by Crippen LogP contribution is -2.27. The van der Waals surface area contributed by atoms with Crippen molar-refractivity contribution < 1.29 is 27.1 Å². The predicted octanol–water partition coefficient (Wildman–Crippen LogP) is 4.60. The number of para-hydroxylation sites is 1. The third-order valence-electron chi connectivity index (χ3n) is 4.80. The van der Waals surface area contributed by atoms with E-state index in [1.807, 2.05) is 18.2 Å². The molecule has 172 valence electrons. The van der Waals surface area contributed by atoms with E-state index in [0.29, 0.717) is 0 Å². The van der Waals surface area contributed by atoms with Crippen LogP contribution in [0.5, 0.6) is 5.75 Å². The number of amides is 2. The molecular formula is C23H16N2O7S2. The standard InChI is InChI=1S/C23H16N2O7S2/c26-22-21(33-23(27)24(22)15-16-6-2-1-3-7-16)14-17-8-4-5-9-20(17)32-34(30,31)19-12-10-18(11-13-19)25(28)29/h1-14H,15H2/b21-14-. The average Bonchev–Trinajstić information content (AvgIpc) is 3.08. The monoisotopic (exact) mass is 496 g/mol. The molecule has 0 aromatic heterocycles. The summed E-state index contributed by atoms with van der Waals surface area (Å²) >= 11 is 0.753. The zero-order valence-corrected chi connectivity index (χ0v) is 19.0. The molecule has 1 aliphatic heterocycles. The van der Waals surface area contributed by atoms with Crippen molar-refractivity contribution in [3.05, 3.63) is 105 Å². The van der Waals surface area contributed by atoms with Crippen LogP contribution in [0.1, 0.15) is 11.1 Å². The number of hydrogen-bond donors (Lipinski definition) is 0. The van der Waals surface area contributed by atoms with Crippen molar-refractivity contribution >= 4 is 44.8 Å². The maximum Gasteiger partial charge on any atom is 0.339 e. The molecule has 3 aromatic carbocycles. The molecule has 0 N–H and O–H groups in total. The van der Waals surface area contributed by atoms with E-state index in [4.69, 9.17) is 4.18 Å². The van der Waals surface area contributed by atoms with Gasteiger partial charge in [-0.3, -0.25) is 24.6 Å². The summed E-state index contributed by atoms with van der Waals surface area (Å²) in [5.41, 5.74) is 0.813. The highest BCUT2D eigenvalue weighted by atomic mass is 32.2. The second-order valence-electron chi connectivity index (χ2n) is 7.08. The number of nitro benzene ring substituents is 1. The molecule has 0 saturated carbocycles. The SMILES string of the molecule is O=C1S/C(=C\c2ccccc2OS(=O)(=O)c2ccc([N+](=O)[O-])cc2)C(=O)N1Cc1ccccc1. The number of nitro groups is 1. The van der Waals surface area contributed by atoms with Crippen LogP contribution in [0.3, 0.4) is 0 Å². The number of hydrogen-bond acceptors (Lipinski definition) is 8. The summed E-state index contributed by atoms with van der Waals surface area (Å²) in [7, 11) is -4.31. The van der Waals surface area contributed by atoms with Crippen molar-refractivity contribution in [3.63, 3.8) is 0 Å².